The monoisotopic (exact) mass is 344 g/mol. The predicted octanol–water partition coefficient (Wildman–Crippen LogP) is 0.762. The van der Waals surface area contributed by atoms with E-state index in [9.17, 15) is 15.0 Å². The van der Waals surface area contributed by atoms with Gasteiger partial charge in [0.25, 0.3) is 5.91 Å². The smallest absolute Gasteiger partial charge is 0.253 e. The lowest BCUT2D eigenvalue weighted by Gasteiger charge is -2.18. The molecule has 3 N–H and O–H groups in total. The fourth-order valence-electron chi connectivity index (χ4n) is 2.85. The number of amides is 1. The summed E-state index contributed by atoms with van der Waals surface area (Å²) in [6.45, 7) is 0. The van der Waals surface area contributed by atoms with Gasteiger partial charge in [0.2, 0.25) is 0 Å². The summed E-state index contributed by atoms with van der Waals surface area (Å²) in [5.41, 5.74) is 0.390. The summed E-state index contributed by atoms with van der Waals surface area (Å²) in [6.07, 6.45) is 0.439. The maximum Gasteiger partial charge on any atom is 0.253 e. The number of aliphatic hydroxyl groups is 2. The van der Waals surface area contributed by atoms with Gasteiger partial charge in [0.1, 0.15) is 29.8 Å². The summed E-state index contributed by atoms with van der Waals surface area (Å²) in [5.74, 6) is 0.799. The Labute approximate surface area is 145 Å². The molecule has 1 aliphatic rings. The van der Waals surface area contributed by atoms with E-state index in [1.54, 1.807) is 49.7 Å². The molecule has 2 aromatic rings. The van der Waals surface area contributed by atoms with Crippen molar-refractivity contribution in [3.8, 4) is 11.5 Å². The molecule has 132 valence electrons. The molecule has 0 aliphatic heterocycles. The second-order valence-electron chi connectivity index (χ2n) is 5.87. The minimum absolute atomic E-state index is 0.283. The van der Waals surface area contributed by atoms with Gasteiger partial charge in [-0.15, -0.1) is 0 Å². The fraction of sp³-hybridized carbons (Fsp3) is 0.333. The van der Waals surface area contributed by atoms with Gasteiger partial charge in [-0.25, -0.2) is 0 Å². The third kappa shape index (κ3) is 3.89. The summed E-state index contributed by atoms with van der Waals surface area (Å²) >= 11 is 0. The Kier molecular flexibility index (Phi) is 5.16. The largest absolute Gasteiger partial charge is 0.497 e. The van der Waals surface area contributed by atoms with Crippen LogP contribution in [0.2, 0.25) is 0 Å². The first-order chi connectivity index (χ1) is 12.1. The van der Waals surface area contributed by atoms with Crippen molar-refractivity contribution < 1.29 is 24.5 Å². The molecule has 0 bridgehead atoms. The van der Waals surface area contributed by atoms with Crippen LogP contribution in [-0.2, 0) is 0 Å². The van der Waals surface area contributed by atoms with Crippen molar-refractivity contribution >= 4 is 5.91 Å². The molecule has 7 nitrogen and oxygen atoms in total. The molecule has 0 radical (unpaired) electrons. The maximum absolute atomic E-state index is 12.2. The molecule has 25 heavy (non-hydrogen) atoms. The van der Waals surface area contributed by atoms with Crippen LogP contribution in [-0.4, -0.2) is 52.6 Å². The van der Waals surface area contributed by atoms with Gasteiger partial charge in [-0.1, -0.05) is 6.07 Å². The molecule has 1 saturated carbocycles. The second-order valence-corrected chi connectivity index (χ2v) is 5.87. The Hall–Kier alpha value is -2.64. The molecular formula is C18H20N2O5. The molecule has 1 aliphatic carbocycles. The van der Waals surface area contributed by atoms with Gasteiger partial charge in [-0.3, -0.25) is 9.78 Å². The van der Waals surface area contributed by atoms with Crippen molar-refractivity contribution in [1.82, 2.24) is 10.3 Å². The second kappa shape index (κ2) is 7.50. The van der Waals surface area contributed by atoms with Crippen LogP contribution in [0.5, 0.6) is 11.5 Å². The highest BCUT2D eigenvalue weighted by molar-refractivity contribution is 5.94. The summed E-state index contributed by atoms with van der Waals surface area (Å²) in [4.78, 5) is 16.1. The first-order valence-corrected chi connectivity index (χ1v) is 7.96. The predicted molar refractivity (Wildman–Crippen MR) is 89.5 cm³/mol. The molecule has 1 amide bonds. The van der Waals surface area contributed by atoms with Crippen LogP contribution in [0.25, 0.3) is 0 Å². The summed E-state index contributed by atoms with van der Waals surface area (Å²) in [6, 6.07) is 9.66. The van der Waals surface area contributed by atoms with E-state index in [0.717, 1.165) is 0 Å². The highest BCUT2D eigenvalue weighted by atomic mass is 16.5. The van der Waals surface area contributed by atoms with Crippen LogP contribution >= 0.6 is 0 Å². The van der Waals surface area contributed by atoms with Crippen molar-refractivity contribution in [2.75, 3.05) is 7.11 Å². The topological polar surface area (TPSA) is 101 Å². The normalized spacial score (nSPS) is 25.4. The molecule has 0 unspecified atom stereocenters. The number of carbonyl (C=O) groups excluding carboxylic acids is 1. The van der Waals surface area contributed by atoms with Gasteiger partial charge in [-0.05, 0) is 24.3 Å². The highest BCUT2D eigenvalue weighted by Crippen LogP contribution is 2.28. The Bertz CT molecular complexity index is 724. The number of hydrogen-bond donors (Lipinski definition) is 3. The molecule has 1 fully saturated rings. The highest BCUT2D eigenvalue weighted by Gasteiger charge is 2.43. The van der Waals surface area contributed by atoms with E-state index in [1.165, 1.54) is 6.20 Å². The number of pyridine rings is 1. The molecule has 3 rings (SSSR count). The summed E-state index contributed by atoms with van der Waals surface area (Å²) in [5, 5.41) is 23.2. The zero-order chi connectivity index (χ0) is 17.8. The zero-order valence-electron chi connectivity index (χ0n) is 13.7. The number of rotatable bonds is 5. The molecule has 1 aromatic heterocycles. The van der Waals surface area contributed by atoms with Gasteiger partial charge < -0.3 is 25.0 Å². The molecule has 1 heterocycles. The first kappa shape index (κ1) is 17.2. The number of methoxy groups -OCH3 is 1. The van der Waals surface area contributed by atoms with Crippen LogP contribution in [0.1, 0.15) is 16.8 Å². The number of hydrogen-bond acceptors (Lipinski definition) is 6. The number of nitrogens with one attached hydrogen (secondary N) is 1. The van der Waals surface area contributed by atoms with Gasteiger partial charge >= 0.3 is 0 Å². The Morgan fingerprint density at radius 3 is 2.72 bits per heavy atom. The minimum atomic E-state index is -1.11. The number of nitrogens with zero attached hydrogens (tertiary/aromatic N) is 1. The van der Waals surface area contributed by atoms with E-state index in [1.807, 2.05) is 0 Å². The van der Waals surface area contributed by atoms with Crippen molar-refractivity contribution in [2.24, 2.45) is 0 Å². The minimum Gasteiger partial charge on any atom is -0.497 e. The first-order valence-electron chi connectivity index (χ1n) is 7.96. The molecule has 1 aromatic carbocycles. The molecule has 7 heteroatoms. The van der Waals surface area contributed by atoms with Crippen molar-refractivity contribution in [3.05, 3.63) is 54.4 Å². The zero-order valence-corrected chi connectivity index (χ0v) is 13.7. The van der Waals surface area contributed by atoms with Gasteiger partial charge in [-0.2, -0.15) is 0 Å². The number of benzene rings is 1. The van der Waals surface area contributed by atoms with Gasteiger partial charge in [0, 0.05) is 24.9 Å². The van der Waals surface area contributed by atoms with Crippen LogP contribution in [0.15, 0.2) is 48.8 Å². The Morgan fingerprint density at radius 2 is 2.00 bits per heavy atom. The third-order valence-corrected chi connectivity index (χ3v) is 4.20. The Morgan fingerprint density at radius 1 is 1.20 bits per heavy atom. The number of carbonyl (C=O) groups is 1. The van der Waals surface area contributed by atoms with E-state index in [2.05, 4.69) is 10.3 Å². The maximum atomic E-state index is 12.2. The fourth-order valence-corrected chi connectivity index (χ4v) is 2.85. The van der Waals surface area contributed by atoms with Crippen LogP contribution in [0.4, 0.5) is 0 Å². The van der Waals surface area contributed by atoms with Gasteiger partial charge in [0.05, 0.1) is 18.7 Å². The van der Waals surface area contributed by atoms with E-state index >= 15 is 0 Å². The quantitative estimate of drug-likeness (QED) is 0.740. The summed E-state index contributed by atoms with van der Waals surface area (Å²) in [7, 11) is 1.55. The van der Waals surface area contributed by atoms with Crippen LogP contribution in [0.3, 0.4) is 0 Å². The number of aliphatic hydroxyl groups excluding tert-OH is 2. The standard InChI is InChI=1S/C18H20N2O5/c1-24-12-5-2-6-13(8-12)25-15-9-14(16(21)17(15)22)20-18(23)11-4-3-7-19-10-11/h2-8,10,14-17,21-22H,9H2,1H3,(H,20,23)/t14-,15-,16+,17+/m1/s1. The van der Waals surface area contributed by atoms with Crippen molar-refractivity contribution in [3.63, 3.8) is 0 Å². The van der Waals surface area contributed by atoms with E-state index in [-0.39, 0.29) is 12.3 Å². The van der Waals surface area contributed by atoms with Crippen molar-refractivity contribution in [2.45, 2.75) is 30.8 Å². The summed E-state index contributed by atoms with van der Waals surface area (Å²) < 4.78 is 10.9. The lowest BCUT2D eigenvalue weighted by atomic mass is 10.2. The molecular weight excluding hydrogens is 324 g/mol. The average molecular weight is 344 g/mol. The van der Waals surface area contributed by atoms with Gasteiger partial charge in [0.15, 0.2) is 0 Å². The molecule has 0 spiro atoms. The lowest BCUT2D eigenvalue weighted by Crippen LogP contribution is -2.43. The lowest BCUT2D eigenvalue weighted by molar-refractivity contribution is -0.0135. The van der Waals surface area contributed by atoms with E-state index in [0.29, 0.717) is 17.1 Å². The van der Waals surface area contributed by atoms with Crippen LogP contribution < -0.4 is 14.8 Å². The average Bonchev–Trinajstić information content (AvgIpc) is 2.90. The molecule has 0 saturated heterocycles. The van der Waals surface area contributed by atoms with E-state index in [4.69, 9.17) is 9.47 Å². The molecule has 4 atom stereocenters. The Balaban J connectivity index is 1.65. The third-order valence-electron chi connectivity index (χ3n) is 4.20. The number of aromatic nitrogens is 1. The SMILES string of the molecule is COc1cccc(O[C@@H]2C[C@@H](NC(=O)c3cccnc3)[C@H](O)[C@H]2O)c1. The van der Waals surface area contributed by atoms with Crippen molar-refractivity contribution in [1.29, 1.82) is 0 Å². The number of ether oxygens (including phenoxy) is 2. The van der Waals surface area contributed by atoms with E-state index < -0.39 is 24.4 Å². The van der Waals surface area contributed by atoms with Crippen LogP contribution in [0, 0.1) is 0 Å².